The molecule has 38 heavy (non-hydrogen) atoms. The topological polar surface area (TPSA) is 85.2 Å². The number of aromatic amines is 1. The van der Waals surface area contributed by atoms with Gasteiger partial charge in [0.05, 0.1) is 29.5 Å². The average Bonchev–Trinajstić information content (AvgIpc) is 3.47. The minimum atomic E-state index is -4.71. The van der Waals surface area contributed by atoms with Crippen molar-refractivity contribution in [2.24, 2.45) is 0 Å². The maximum absolute atomic E-state index is 13.8. The molecule has 192 valence electrons. The molecule has 11 heteroatoms. The van der Waals surface area contributed by atoms with Crippen molar-refractivity contribution >= 4 is 22.6 Å². The van der Waals surface area contributed by atoms with Gasteiger partial charge in [-0.2, -0.15) is 18.3 Å². The molecule has 0 unspecified atom stereocenters. The normalized spacial score (nSPS) is 13.7. The number of benzene rings is 3. The molecule has 5 aromatic rings. The number of nitrogens with zero attached hydrogens (tertiary/aromatic N) is 4. The van der Waals surface area contributed by atoms with Crippen LogP contribution in [0.5, 0.6) is 5.75 Å². The van der Waals surface area contributed by atoms with E-state index < -0.39 is 17.8 Å². The van der Waals surface area contributed by atoms with Crippen LogP contribution in [0.2, 0.25) is 0 Å². The van der Waals surface area contributed by atoms with Gasteiger partial charge in [-0.1, -0.05) is 12.1 Å². The van der Waals surface area contributed by atoms with Crippen LogP contribution in [0.25, 0.3) is 22.4 Å². The molecule has 1 N–H and O–H groups in total. The number of H-pyrrole nitrogens is 1. The second-order valence-electron chi connectivity index (χ2n) is 8.79. The molecule has 0 saturated carbocycles. The number of halogens is 3. The first-order valence-corrected chi connectivity index (χ1v) is 11.7. The van der Waals surface area contributed by atoms with Crippen LogP contribution >= 0.6 is 0 Å². The lowest BCUT2D eigenvalue weighted by Crippen LogP contribution is -2.39. The number of carbonyl (C=O) groups excluding carboxylic acids is 1. The molecule has 0 saturated heterocycles. The summed E-state index contributed by atoms with van der Waals surface area (Å²) < 4.78 is 49.2. The van der Waals surface area contributed by atoms with Crippen LogP contribution in [0.1, 0.15) is 21.7 Å². The van der Waals surface area contributed by atoms with Crippen molar-refractivity contribution in [3.8, 4) is 17.1 Å². The van der Waals surface area contributed by atoms with E-state index in [-0.39, 0.29) is 29.9 Å². The summed E-state index contributed by atoms with van der Waals surface area (Å²) in [7, 11) is 1.48. The summed E-state index contributed by atoms with van der Waals surface area (Å²) in [5.41, 5.74) is 1.15. The van der Waals surface area contributed by atoms with Crippen molar-refractivity contribution in [1.29, 1.82) is 0 Å². The molecule has 3 heterocycles. The fraction of sp³-hybridized carbons (Fsp3) is 0.148. The van der Waals surface area contributed by atoms with E-state index in [1.165, 1.54) is 16.6 Å². The Hall–Kier alpha value is -4.80. The number of amides is 1. The predicted molar refractivity (Wildman–Crippen MR) is 134 cm³/mol. The van der Waals surface area contributed by atoms with Crippen LogP contribution in [-0.4, -0.2) is 38.9 Å². The Morgan fingerprint density at radius 3 is 2.24 bits per heavy atom. The Labute approximate surface area is 213 Å². The molecular weight excluding hydrogens is 499 g/mol. The van der Waals surface area contributed by atoms with Crippen molar-refractivity contribution in [2.75, 3.05) is 18.6 Å². The molecule has 1 aliphatic rings. The highest BCUT2D eigenvalue weighted by Gasteiger charge is 2.43. The van der Waals surface area contributed by atoms with Gasteiger partial charge in [0.2, 0.25) is 0 Å². The van der Waals surface area contributed by atoms with Gasteiger partial charge in [0, 0.05) is 17.8 Å². The number of rotatable bonds is 4. The predicted octanol–water partition coefficient (Wildman–Crippen LogP) is 4.73. The van der Waals surface area contributed by atoms with Crippen molar-refractivity contribution in [3.05, 3.63) is 100 Å². The quantitative estimate of drug-likeness (QED) is 0.372. The first kappa shape index (κ1) is 23.6. The van der Waals surface area contributed by atoms with Gasteiger partial charge < -0.3 is 14.6 Å². The Balaban J connectivity index is 1.39. The summed E-state index contributed by atoms with van der Waals surface area (Å²) in [4.78, 5) is 30.4. The Morgan fingerprint density at radius 2 is 1.55 bits per heavy atom. The average molecular weight is 519 g/mol. The van der Waals surface area contributed by atoms with Gasteiger partial charge in [-0.15, -0.1) is 0 Å². The maximum Gasteiger partial charge on any atom is 0.435 e. The smallest absolute Gasteiger partial charge is 0.435 e. The molecule has 1 amide bonds. The molecule has 8 nitrogen and oxygen atoms in total. The fourth-order valence-corrected chi connectivity index (χ4v) is 4.84. The van der Waals surface area contributed by atoms with Gasteiger partial charge in [-0.25, -0.2) is 9.48 Å². The molecule has 0 atom stereocenters. The van der Waals surface area contributed by atoms with Gasteiger partial charge in [0.1, 0.15) is 11.4 Å². The number of fused-ring (bicyclic) bond motifs is 2. The molecule has 6 rings (SSSR count). The minimum Gasteiger partial charge on any atom is -0.497 e. The van der Waals surface area contributed by atoms with Crippen LogP contribution in [0.3, 0.4) is 0 Å². The molecule has 0 aliphatic carbocycles. The largest absolute Gasteiger partial charge is 0.497 e. The van der Waals surface area contributed by atoms with Crippen LogP contribution in [0.15, 0.2) is 77.6 Å². The van der Waals surface area contributed by atoms with Crippen LogP contribution < -0.4 is 15.3 Å². The molecule has 0 fully saturated rings. The number of carbonyl (C=O) groups is 1. The van der Waals surface area contributed by atoms with Crippen molar-refractivity contribution in [2.45, 2.75) is 12.6 Å². The highest BCUT2D eigenvalue weighted by Crippen LogP contribution is 2.37. The zero-order valence-electron chi connectivity index (χ0n) is 20.0. The van der Waals surface area contributed by atoms with Crippen molar-refractivity contribution in [3.63, 3.8) is 0 Å². The van der Waals surface area contributed by atoms with E-state index in [0.29, 0.717) is 33.8 Å². The molecule has 0 radical (unpaired) electrons. The highest BCUT2D eigenvalue weighted by molar-refractivity contribution is 6.07. The zero-order valence-corrected chi connectivity index (χ0v) is 20.0. The van der Waals surface area contributed by atoms with Gasteiger partial charge in [-0.05, 0) is 67.1 Å². The zero-order chi connectivity index (χ0) is 26.6. The Bertz CT molecular complexity index is 1730. The van der Waals surface area contributed by atoms with Gasteiger partial charge in [0.15, 0.2) is 5.69 Å². The lowest BCUT2D eigenvalue weighted by Gasteiger charge is -2.28. The number of imidazole rings is 1. The third kappa shape index (κ3) is 3.74. The second-order valence-corrected chi connectivity index (χ2v) is 8.79. The van der Waals surface area contributed by atoms with Crippen LogP contribution in [-0.2, 0) is 12.6 Å². The molecule has 0 spiro atoms. The molecule has 3 aromatic carbocycles. The SMILES string of the molecule is COc1ccc(-n2nc(C(F)(F)F)c3c2C(=O)N(c2ccc(-n4c(=O)[nH]c5ccccc54)cc2)CC3)cc1. The number of nitrogens with one attached hydrogen (secondary N) is 1. The van der Waals surface area contributed by atoms with E-state index in [4.69, 9.17) is 4.74 Å². The van der Waals surface area contributed by atoms with E-state index in [2.05, 4.69) is 10.1 Å². The van der Waals surface area contributed by atoms with Crippen LogP contribution in [0, 0.1) is 0 Å². The summed E-state index contributed by atoms with van der Waals surface area (Å²) >= 11 is 0. The summed E-state index contributed by atoms with van der Waals surface area (Å²) in [6, 6.07) is 20.3. The van der Waals surface area contributed by atoms with Crippen molar-refractivity contribution in [1.82, 2.24) is 19.3 Å². The van der Waals surface area contributed by atoms with Gasteiger partial charge in [0.25, 0.3) is 5.91 Å². The lowest BCUT2D eigenvalue weighted by atomic mass is 10.0. The van der Waals surface area contributed by atoms with Gasteiger partial charge >= 0.3 is 11.9 Å². The summed E-state index contributed by atoms with van der Waals surface area (Å²) in [5.74, 6) is -0.0738. The van der Waals surface area contributed by atoms with E-state index in [1.807, 2.05) is 18.2 Å². The van der Waals surface area contributed by atoms with E-state index >= 15 is 0 Å². The molecule has 1 aliphatic heterocycles. The fourth-order valence-electron chi connectivity index (χ4n) is 4.84. The second kappa shape index (κ2) is 8.65. The van der Waals surface area contributed by atoms with Crippen LogP contribution in [0.4, 0.5) is 18.9 Å². The summed E-state index contributed by atoms with van der Waals surface area (Å²) in [6.07, 6.45) is -4.73. The Morgan fingerprint density at radius 1 is 0.895 bits per heavy atom. The van der Waals surface area contributed by atoms with E-state index in [1.54, 1.807) is 54.6 Å². The summed E-state index contributed by atoms with van der Waals surface area (Å²) in [6.45, 7) is 0.0512. The monoisotopic (exact) mass is 519 g/mol. The maximum atomic E-state index is 13.8. The first-order valence-electron chi connectivity index (χ1n) is 11.7. The molecule has 0 bridgehead atoms. The molecule has 2 aromatic heterocycles. The number of hydrogen-bond donors (Lipinski definition) is 1. The Kier molecular flexibility index (Phi) is 5.37. The third-order valence-electron chi connectivity index (χ3n) is 6.61. The van der Waals surface area contributed by atoms with Crippen molar-refractivity contribution < 1.29 is 22.7 Å². The lowest BCUT2D eigenvalue weighted by molar-refractivity contribution is -0.141. The minimum absolute atomic E-state index is 0.0181. The number of aromatic nitrogens is 4. The number of alkyl halides is 3. The summed E-state index contributed by atoms with van der Waals surface area (Å²) in [5, 5.41) is 3.82. The number of anilines is 1. The van der Waals surface area contributed by atoms with Gasteiger partial charge in [-0.3, -0.25) is 9.36 Å². The number of ether oxygens (including phenoxy) is 1. The number of methoxy groups -OCH3 is 1. The number of hydrogen-bond acceptors (Lipinski definition) is 4. The van der Waals surface area contributed by atoms with E-state index in [0.717, 1.165) is 4.68 Å². The first-order chi connectivity index (χ1) is 18.3. The van der Waals surface area contributed by atoms with E-state index in [9.17, 15) is 22.8 Å². The standard InChI is InChI=1S/C27H20F3N5O3/c1-38-19-12-10-18(11-13-19)35-23-20(24(32-35)27(28,29)30)14-15-33(25(23)36)16-6-8-17(9-7-16)34-22-5-3-2-4-21(22)31-26(34)37/h2-13H,14-15H2,1H3,(H,31,37). The third-order valence-corrected chi connectivity index (χ3v) is 6.61. The molecular formula is C27H20F3N5O3. The highest BCUT2D eigenvalue weighted by atomic mass is 19.4. The number of para-hydroxylation sites is 2.